The van der Waals surface area contributed by atoms with Crippen molar-refractivity contribution >= 4 is 46.0 Å². The van der Waals surface area contributed by atoms with Crippen molar-refractivity contribution < 1.29 is 9.59 Å². The van der Waals surface area contributed by atoms with Crippen LogP contribution in [0.15, 0.2) is 77.3 Å². The highest BCUT2D eigenvalue weighted by molar-refractivity contribution is 7.10. The average Bonchev–Trinajstić information content (AvgIpc) is 3.24. The summed E-state index contributed by atoms with van der Waals surface area (Å²) < 4.78 is 0. The topological polar surface area (TPSA) is 49.4 Å². The zero-order valence-electron chi connectivity index (χ0n) is 18.6. The number of hydrogen-bond acceptors (Lipinski definition) is 4. The number of allylic oxidation sites excluding steroid dienone is 1. The minimum Gasteiger partial charge on any atom is -0.357 e. The van der Waals surface area contributed by atoms with E-state index < -0.39 is 6.04 Å². The van der Waals surface area contributed by atoms with Crippen LogP contribution >= 0.6 is 22.9 Å². The maximum Gasteiger partial charge on any atom is 0.232 e. The third-order valence-corrected chi connectivity index (χ3v) is 7.43. The van der Waals surface area contributed by atoms with Gasteiger partial charge in [0.25, 0.3) is 0 Å². The second kappa shape index (κ2) is 8.47. The van der Waals surface area contributed by atoms with Gasteiger partial charge in [-0.3, -0.25) is 14.5 Å². The molecule has 2 heterocycles. The normalized spacial score (nSPS) is 19.4. The number of nitrogens with one attached hydrogen (secondary N) is 1. The first-order valence-corrected chi connectivity index (χ1v) is 12.3. The summed E-state index contributed by atoms with van der Waals surface area (Å²) in [6.07, 6.45) is 1.43. The number of ketones is 1. The van der Waals surface area contributed by atoms with E-state index in [4.69, 9.17) is 11.6 Å². The van der Waals surface area contributed by atoms with Crippen molar-refractivity contribution in [2.45, 2.75) is 39.2 Å². The summed E-state index contributed by atoms with van der Waals surface area (Å²) >= 11 is 7.62. The van der Waals surface area contributed by atoms with Crippen molar-refractivity contribution in [1.29, 1.82) is 0 Å². The molecule has 0 fully saturated rings. The molecule has 0 saturated carbocycles. The lowest BCUT2D eigenvalue weighted by molar-refractivity contribution is -0.119. The van der Waals surface area contributed by atoms with E-state index in [1.807, 2.05) is 58.8 Å². The molecule has 168 valence electrons. The van der Waals surface area contributed by atoms with E-state index in [-0.39, 0.29) is 23.5 Å². The van der Waals surface area contributed by atoms with Crippen LogP contribution < -0.4 is 10.2 Å². The molecule has 1 N–H and O–H groups in total. The van der Waals surface area contributed by atoms with Crippen LogP contribution in [-0.2, 0) is 16.0 Å². The molecule has 0 saturated heterocycles. The van der Waals surface area contributed by atoms with Crippen LogP contribution in [0.4, 0.5) is 11.4 Å². The Morgan fingerprint density at radius 3 is 2.58 bits per heavy atom. The monoisotopic (exact) mass is 476 g/mol. The van der Waals surface area contributed by atoms with Crippen LogP contribution in [0.1, 0.15) is 43.2 Å². The minimum atomic E-state index is -0.459. The summed E-state index contributed by atoms with van der Waals surface area (Å²) in [6, 6.07) is 18.7. The third kappa shape index (κ3) is 4.23. The molecule has 1 unspecified atom stereocenters. The molecule has 1 aromatic heterocycles. The lowest BCUT2D eigenvalue weighted by Crippen LogP contribution is -2.40. The Labute approximate surface area is 202 Å². The van der Waals surface area contributed by atoms with Crippen LogP contribution in [0.5, 0.6) is 0 Å². The van der Waals surface area contributed by atoms with Gasteiger partial charge in [0.1, 0.15) is 6.04 Å². The van der Waals surface area contributed by atoms with E-state index in [0.29, 0.717) is 17.0 Å². The maximum absolute atomic E-state index is 13.9. The molecule has 4 nitrogen and oxygen atoms in total. The molecule has 0 spiro atoms. The number of carbonyl (C=O) groups excluding carboxylic acids is 2. The van der Waals surface area contributed by atoms with Gasteiger partial charge in [-0.2, -0.15) is 0 Å². The van der Waals surface area contributed by atoms with Crippen LogP contribution in [0, 0.1) is 5.41 Å². The van der Waals surface area contributed by atoms with E-state index in [2.05, 4.69) is 19.2 Å². The molecule has 1 aliphatic carbocycles. The van der Waals surface area contributed by atoms with Gasteiger partial charge in [0.05, 0.1) is 17.8 Å². The number of nitrogens with zero attached hydrogens (tertiary/aromatic N) is 1. The molecule has 0 bridgehead atoms. The Bertz CT molecular complexity index is 1250. The summed E-state index contributed by atoms with van der Waals surface area (Å²) in [5, 5.41) is 6.18. The molecule has 33 heavy (non-hydrogen) atoms. The summed E-state index contributed by atoms with van der Waals surface area (Å²) in [7, 11) is 0. The summed E-state index contributed by atoms with van der Waals surface area (Å²) in [5.74, 6) is 0.0422. The van der Waals surface area contributed by atoms with Gasteiger partial charge in [-0.25, -0.2) is 0 Å². The first-order chi connectivity index (χ1) is 15.8. The number of amides is 1. The molecular weight excluding hydrogens is 452 g/mol. The van der Waals surface area contributed by atoms with Crippen molar-refractivity contribution in [3.8, 4) is 0 Å². The highest BCUT2D eigenvalue weighted by atomic mass is 35.5. The van der Waals surface area contributed by atoms with Crippen molar-refractivity contribution in [1.82, 2.24) is 0 Å². The van der Waals surface area contributed by atoms with Gasteiger partial charge < -0.3 is 5.32 Å². The SMILES string of the molecule is CC1(C)CC(=O)C2=C(C1)Nc1ccccc1N(C(=O)Cc1ccc(Cl)cc1)C2c1cccs1. The van der Waals surface area contributed by atoms with Gasteiger partial charge >= 0.3 is 0 Å². The van der Waals surface area contributed by atoms with E-state index in [1.54, 1.807) is 23.5 Å². The maximum atomic E-state index is 13.9. The molecule has 1 aliphatic heterocycles. The van der Waals surface area contributed by atoms with Crippen LogP contribution in [-0.4, -0.2) is 11.7 Å². The quantitative estimate of drug-likeness (QED) is 0.453. The number of halogens is 1. The molecular formula is C27H25ClN2O2S. The summed E-state index contributed by atoms with van der Waals surface area (Å²) in [6.45, 7) is 4.24. The number of para-hydroxylation sites is 2. The van der Waals surface area contributed by atoms with E-state index in [9.17, 15) is 9.59 Å². The number of Topliss-reactive ketones (excluding diaryl/α,β-unsaturated/α-hetero) is 1. The highest BCUT2D eigenvalue weighted by Crippen LogP contribution is 2.49. The minimum absolute atomic E-state index is 0.0589. The average molecular weight is 477 g/mol. The summed E-state index contributed by atoms with van der Waals surface area (Å²) in [4.78, 5) is 30.3. The van der Waals surface area contributed by atoms with Crippen LogP contribution in [0.2, 0.25) is 5.02 Å². The predicted molar refractivity (Wildman–Crippen MR) is 135 cm³/mol. The van der Waals surface area contributed by atoms with Crippen molar-refractivity contribution in [3.63, 3.8) is 0 Å². The number of rotatable bonds is 3. The van der Waals surface area contributed by atoms with Crippen LogP contribution in [0.25, 0.3) is 0 Å². The van der Waals surface area contributed by atoms with Gasteiger partial charge in [0.15, 0.2) is 5.78 Å². The Morgan fingerprint density at radius 2 is 1.85 bits per heavy atom. The molecule has 1 atom stereocenters. The second-order valence-electron chi connectivity index (χ2n) is 9.46. The van der Waals surface area contributed by atoms with Gasteiger partial charge in [-0.05, 0) is 53.1 Å². The fourth-order valence-corrected chi connectivity index (χ4v) is 5.79. The molecule has 5 rings (SSSR count). The molecule has 1 amide bonds. The molecule has 3 aromatic rings. The van der Waals surface area contributed by atoms with Gasteiger partial charge in [0, 0.05) is 27.6 Å². The number of anilines is 2. The smallest absolute Gasteiger partial charge is 0.232 e. The fraction of sp³-hybridized carbons (Fsp3) is 0.259. The predicted octanol–water partition coefficient (Wildman–Crippen LogP) is 6.79. The van der Waals surface area contributed by atoms with Crippen LogP contribution in [0.3, 0.4) is 0 Å². The Balaban J connectivity index is 1.68. The molecule has 2 aromatic carbocycles. The zero-order valence-corrected chi connectivity index (χ0v) is 20.2. The Hall–Kier alpha value is -2.89. The standard InChI is InChI=1S/C27H25ClN2O2S/c1-27(2)15-20-25(22(31)16-27)26(23-8-5-13-33-23)30(21-7-4-3-6-19(21)29-20)24(32)14-17-9-11-18(28)12-10-17/h3-13,26,29H,14-16H2,1-2H3. The molecule has 0 radical (unpaired) electrons. The number of carbonyl (C=O) groups is 2. The molecule has 6 heteroatoms. The van der Waals surface area contributed by atoms with Gasteiger partial charge in [0.2, 0.25) is 5.91 Å². The van der Waals surface area contributed by atoms with Gasteiger partial charge in [-0.1, -0.05) is 55.8 Å². The first-order valence-electron chi connectivity index (χ1n) is 11.0. The number of fused-ring (bicyclic) bond motifs is 1. The third-order valence-electron chi connectivity index (χ3n) is 6.25. The highest BCUT2D eigenvalue weighted by Gasteiger charge is 2.43. The number of hydrogen-bond donors (Lipinski definition) is 1. The Kier molecular flexibility index (Phi) is 5.63. The van der Waals surface area contributed by atoms with E-state index >= 15 is 0 Å². The fourth-order valence-electron chi connectivity index (χ4n) is 4.84. The largest absolute Gasteiger partial charge is 0.357 e. The van der Waals surface area contributed by atoms with Crippen molar-refractivity contribution in [2.24, 2.45) is 5.41 Å². The lowest BCUT2D eigenvalue weighted by Gasteiger charge is -2.36. The second-order valence-corrected chi connectivity index (χ2v) is 10.9. The Morgan fingerprint density at radius 1 is 1.09 bits per heavy atom. The van der Waals surface area contributed by atoms with Gasteiger partial charge in [-0.15, -0.1) is 11.3 Å². The number of benzene rings is 2. The van der Waals surface area contributed by atoms with Crippen molar-refractivity contribution in [2.75, 3.05) is 10.2 Å². The first kappa shape index (κ1) is 21.9. The number of thiophene rings is 1. The molecule has 2 aliphatic rings. The summed E-state index contributed by atoms with van der Waals surface area (Å²) in [5.41, 5.74) is 4.00. The van der Waals surface area contributed by atoms with E-state index in [0.717, 1.165) is 33.9 Å². The lowest BCUT2D eigenvalue weighted by atomic mass is 9.74. The van der Waals surface area contributed by atoms with E-state index in [1.165, 1.54) is 0 Å². The van der Waals surface area contributed by atoms with Crippen molar-refractivity contribution in [3.05, 3.63) is 92.8 Å². The zero-order chi connectivity index (χ0) is 23.2.